The Morgan fingerprint density at radius 3 is 2.81 bits per heavy atom. The number of anilines is 1. The van der Waals surface area contributed by atoms with E-state index in [0.29, 0.717) is 5.13 Å². The normalized spacial score (nSPS) is 11.2. The summed E-state index contributed by atoms with van der Waals surface area (Å²) in [6.45, 7) is 5.99. The number of carbonyl (C=O) groups is 1. The molecule has 0 atom stereocenters. The van der Waals surface area contributed by atoms with Gasteiger partial charge in [-0.15, -0.1) is 11.3 Å². The van der Waals surface area contributed by atoms with Crippen molar-refractivity contribution in [2.75, 3.05) is 5.32 Å². The maximum atomic E-state index is 12.4. The van der Waals surface area contributed by atoms with Gasteiger partial charge in [-0.1, -0.05) is 17.4 Å². The maximum absolute atomic E-state index is 12.4. The first-order chi connectivity index (χ1) is 12.5. The molecule has 0 aliphatic carbocycles. The number of benzene rings is 1. The molecule has 1 aromatic carbocycles. The van der Waals surface area contributed by atoms with Crippen molar-refractivity contribution in [1.82, 2.24) is 9.97 Å². The highest BCUT2D eigenvalue weighted by molar-refractivity contribution is 7.22. The monoisotopic (exact) mass is 383 g/mol. The molecule has 1 N–H and O–H groups in total. The van der Waals surface area contributed by atoms with Crippen LogP contribution in [0.15, 0.2) is 34.1 Å². The first-order valence-corrected chi connectivity index (χ1v) is 9.86. The van der Waals surface area contributed by atoms with Crippen LogP contribution >= 0.6 is 22.7 Å². The first-order valence-electron chi connectivity index (χ1n) is 8.17. The second-order valence-corrected chi connectivity index (χ2v) is 8.12. The molecule has 4 rings (SSSR count). The quantitative estimate of drug-likeness (QED) is 0.531. The molecule has 0 aliphatic rings. The van der Waals surface area contributed by atoms with Gasteiger partial charge in [0, 0.05) is 5.38 Å². The highest BCUT2D eigenvalue weighted by Gasteiger charge is 2.14. The van der Waals surface area contributed by atoms with Gasteiger partial charge in [-0.05, 0) is 50.1 Å². The molecule has 0 unspecified atom stereocenters. The summed E-state index contributed by atoms with van der Waals surface area (Å²) in [7, 11) is 0. The average molecular weight is 383 g/mol. The van der Waals surface area contributed by atoms with E-state index >= 15 is 0 Å². The van der Waals surface area contributed by atoms with Gasteiger partial charge in [0.05, 0.1) is 22.3 Å². The molecule has 0 radical (unpaired) electrons. The molecular formula is C19H17N3O2S2. The van der Waals surface area contributed by atoms with Crippen LogP contribution in [-0.4, -0.2) is 15.9 Å². The predicted molar refractivity (Wildman–Crippen MR) is 106 cm³/mol. The van der Waals surface area contributed by atoms with Gasteiger partial charge in [-0.25, -0.2) is 9.97 Å². The molecule has 0 aliphatic heterocycles. The summed E-state index contributed by atoms with van der Waals surface area (Å²) in [6.07, 6.45) is 0.212. The van der Waals surface area contributed by atoms with Crippen molar-refractivity contribution in [3.63, 3.8) is 0 Å². The van der Waals surface area contributed by atoms with Gasteiger partial charge in [0.2, 0.25) is 5.91 Å². The largest absolute Gasteiger partial charge is 0.459 e. The molecule has 4 aromatic rings. The summed E-state index contributed by atoms with van der Waals surface area (Å²) in [5, 5.41) is 6.18. The number of aryl methyl sites for hydroxylation is 3. The van der Waals surface area contributed by atoms with E-state index in [4.69, 9.17) is 4.42 Å². The minimum absolute atomic E-state index is 0.120. The molecule has 0 saturated heterocycles. The molecule has 0 saturated carbocycles. The Hall–Kier alpha value is -2.51. The molecule has 0 fully saturated rings. The van der Waals surface area contributed by atoms with Crippen molar-refractivity contribution >= 4 is 43.9 Å². The van der Waals surface area contributed by atoms with Crippen molar-refractivity contribution in [1.29, 1.82) is 0 Å². The van der Waals surface area contributed by atoms with Gasteiger partial charge >= 0.3 is 0 Å². The SMILES string of the molecule is Cc1cc(C)c2nc(NC(=O)Cc3csc(-c4ccc(C)o4)n3)sc2c1. The van der Waals surface area contributed by atoms with Gasteiger partial charge in [0.25, 0.3) is 0 Å². The number of furan rings is 1. The van der Waals surface area contributed by atoms with Crippen LogP contribution in [0.4, 0.5) is 5.13 Å². The summed E-state index contributed by atoms with van der Waals surface area (Å²) < 4.78 is 6.66. The maximum Gasteiger partial charge on any atom is 0.232 e. The molecule has 1 amide bonds. The number of fused-ring (bicyclic) bond motifs is 1. The molecular weight excluding hydrogens is 366 g/mol. The third kappa shape index (κ3) is 3.40. The average Bonchev–Trinajstić information content (AvgIpc) is 3.27. The second-order valence-electron chi connectivity index (χ2n) is 6.23. The first kappa shape index (κ1) is 16.9. The Morgan fingerprint density at radius 1 is 1.19 bits per heavy atom. The van der Waals surface area contributed by atoms with Gasteiger partial charge in [0.1, 0.15) is 5.76 Å². The lowest BCUT2D eigenvalue weighted by atomic mass is 10.1. The molecule has 3 heterocycles. The number of thiazole rings is 2. The summed E-state index contributed by atoms with van der Waals surface area (Å²) in [4.78, 5) is 21.4. The Balaban J connectivity index is 1.47. The van der Waals surface area contributed by atoms with Crippen LogP contribution in [0.2, 0.25) is 0 Å². The van der Waals surface area contributed by atoms with Crippen LogP contribution in [-0.2, 0) is 11.2 Å². The van der Waals surface area contributed by atoms with Crippen molar-refractivity contribution < 1.29 is 9.21 Å². The van der Waals surface area contributed by atoms with E-state index < -0.39 is 0 Å². The van der Waals surface area contributed by atoms with Crippen molar-refractivity contribution in [2.45, 2.75) is 27.2 Å². The van der Waals surface area contributed by atoms with Crippen LogP contribution in [0.25, 0.3) is 21.0 Å². The third-order valence-electron chi connectivity index (χ3n) is 3.92. The molecule has 3 aromatic heterocycles. The fraction of sp³-hybridized carbons (Fsp3) is 0.211. The number of rotatable bonds is 4. The van der Waals surface area contributed by atoms with E-state index in [2.05, 4.69) is 34.3 Å². The fourth-order valence-electron chi connectivity index (χ4n) is 2.80. The van der Waals surface area contributed by atoms with Crippen molar-refractivity contribution in [2.24, 2.45) is 0 Å². The van der Waals surface area contributed by atoms with Crippen LogP contribution in [0.1, 0.15) is 22.6 Å². The number of hydrogen-bond donors (Lipinski definition) is 1. The predicted octanol–water partition coefficient (Wildman–Crippen LogP) is 5.12. The summed E-state index contributed by atoms with van der Waals surface area (Å²) in [5.41, 5.74) is 3.99. The standard InChI is InChI=1S/C19H17N3O2S2/c1-10-6-11(2)17-15(7-10)26-19(22-17)21-16(23)8-13-9-25-18(20-13)14-5-4-12(3)24-14/h4-7,9H,8H2,1-3H3,(H,21,22,23). The zero-order valence-electron chi connectivity index (χ0n) is 14.6. The van der Waals surface area contributed by atoms with Gasteiger partial charge in [-0.3, -0.25) is 4.79 Å². The Kier molecular flexibility index (Phi) is 4.34. The molecule has 0 spiro atoms. The lowest BCUT2D eigenvalue weighted by Crippen LogP contribution is -2.14. The van der Waals surface area contributed by atoms with E-state index in [1.807, 2.05) is 31.4 Å². The number of amides is 1. The zero-order valence-corrected chi connectivity index (χ0v) is 16.3. The molecule has 7 heteroatoms. The number of aromatic nitrogens is 2. The Morgan fingerprint density at radius 2 is 2.04 bits per heavy atom. The van der Waals surface area contributed by atoms with Gasteiger partial charge < -0.3 is 9.73 Å². The smallest absolute Gasteiger partial charge is 0.232 e. The van der Waals surface area contributed by atoms with E-state index in [0.717, 1.165) is 38.0 Å². The second kappa shape index (κ2) is 6.66. The van der Waals surface area contributed by atoms with E-state index in [1.54, 1.807) is 0 Å². The molecule has 132 valence electrons. The van der Waals surface area contributed by atoms with Gasteiger partial charge in [0.15, 0.2) is 15.9 Å². The number of nitrogens with zero attached hydrogens (tertiary/aromatic N) is 2. The zero-order chi connectivity index (χ0) is 18.3. The Labute approximate surface area is 158 Å². The molecule has 0 bridgehead atoms. The van der Waals surface area contributed by atoms with E-state index in [1.165, 1.54) is 28.2 Å². The fourth-order valence-corrected chi connectivity index (χ4v) is 4.64. The number of hydrogen-bond acceptors (Lipinski definition) is 6. The lowest BCUT2D eigenvalue weighted by molar-refractivity contribution is -0.115. The summed E-state index contributed by atoms with van der Waals surface area (Å²) in [6, 6.07) is 7.98. The van der Waals surface area contributed by atoms with E-state index in [9.17, 15) is 4.79 Å². The van der Waals surface area contributed by atoms with Crippen molar-refractivity contribution in [3.8, 4) is 10.8 Å². The number of nitrogens with one attached hydrogen (secondary N) is 1. The molecule has 5 nitrogen and oxygen atoms in total. The molecule has 26 heavy (non-hydrogen) atoms. The highest BCUT2D eigenvalue weighted by atomic mass is 32.1. The topological polar surface area (TPSA) is 68.0 Å². The van der Waals surface area contributed by atoms with Crippen LogP contribution in [0, 0.1) is 20.8 Å². The summed E-state index contributed by atoms with van der Waals surface area (Å²) in [5.74, 6) is 1.46. The highest BCUT2D eigenvalue weighted by Crippen LogP contribution is 2.30. The minimum atomic E-state index is -0.120. The van der Waals surface area contributed by atoms with Crippen molar-refractivity contribution in [3.05, 3.63) is 52.2 Å². The van der Waals surface area contributed by atoms with Crippen LogP contribution < -0.4 is 5.32 Å². The minimum Gasteiger partial charge on any atom is -0.459 e. The number of carbonyl (C=O) groups excluding carboxylic acids is 1. The van der Waals surface area contributed by atoms with Crippen LogP contribution in [0.5, 0.6) is 0 Å². The van der Waals surface area contributed by atoms with E-state index in [-0.39, 0.29) is 12.3 Å². The lowest BCUT2D eigenvalue weighted by Gasteiger charge is -1.98. The summed E-state index contributed by atoms with van der Waals surface area (Å²) >= 11 is 2.97. The van der Waals surface area contributed by atoms with Gasteiger partial charge in [-0.2, -0.15) is 0 Å². The Bertz CT molecular complexity index is 1110. The van der Waals surface area contributed by atoms with Crippen LogP contribution in [0.3, 0.4) is 0 Å². The third-order valence-corrected chi connectivity index (χ3v) is 5.74.